The summed E-state index contributed by atoms with van der Waals surface area (Å²) in [6.45, 7) is 3.72. The maximum atomic E-state index is 11.7. The summed E-state index contributed by atoms with van der Waals surface area (Å²) in [6, 6.07) is 6.63. The van der Waals surface area contributed by atoms with Gasteiger partial charge in [-0.15, -0.1) is 0 Å². The van der Waals surface area contributed by atoms with Crippen LogP contribution in [0, 0.1) is 0 Å². The van der Waals surface area contributed by atoms with Crippen LogP contribution in [0.25, 0.3) is 0 Å². The summed E-state index contributed by atoms with van der Waals surface area (Å²) in [5, 5.41) is 2.50. The fraction of sp³-hybridized carbons (Fsp3) is 0.429. The molecule has 7 heteroatoms. The highest BCUT2D eigenvalue weighted by Gasteiger charge is 2.17. The first-order valence-electron chi connectivity index (χ1n) is 6.55. The van der Waals surface area contributed by atoms with E-state index in [1.807, 2.05) is 6.92 Å². The summed E-state index contributed by atoms with van der Waals surface area (Å²) in [6.07, 6.45) is -0.0708. The Labute approximate surface area is 124 Å². The number of hydrogen-bond acceptors (Lipinski definition) is 5. The van der Waals surface area contributed by atoms with Crippen LogP contribution in [0.4, 0.5) is 5.69 Å². The number of benzene rings is 1. The molecule has 1 N–H and O–H groups in total. The Kier molecular flexibility index (Phi) is 6.36. The second kappa shape index (κ2) is 7.78. The topological polar surface area (TPSA) is 89.5 Å². The van der Waals surface area contributed by atoms with Gasteiger partial charge in [0.2, 0.25) is 5.91 Å². The van der Waals surface area contributed by atoms with Crippen LogP contribution < -0.4 is 10.1 Å². The third-order valence-corrected chi connectivity index (χ3v) is 4.09. The number of Topliss-reactive ketones (excluding diaryl/α,β-unsaturated/α-hetero) is 1. The number of anilines is 1. The van der Waals surface area contributed by atoms with E-state index in [1.165, 1.54) is 6.92 Å². The average Bonchev–Trinajstić information content (AvgIpc) is 2.38. The lowest BCUT2D eigenvalue weighted by atomic mass is 10.3. The lowest BCUT2D eigenvalue weighted by Crippen LogP contribution is -2.25. The van der Waals surface area contributed by atoms with Gasteiger partial charge in [0.1, 0.15) is 17.3 Å². The number of hydrogen-bond donors (Lipinski definition) is 1. The van der Waals surface area contributed by atoms with Gasteiger partial charge in [-0.1, -0.05) is 0 Å². The minimum absolute atomic E-state index is 0.0708. The molecule has 0 aromatic heterocycles. The van der Waals surface area contributed by atoms with Gasteiger partial charge >= 0.3 is 0 Å². The van der Waals surface area contributed by atoms with E-state index in [0.717, 1.165) is 0 Å². The summed E-state index contributed by atoms with van der Waals surface area (Å²) >= 11 is 0. The Morgan fingerprint density at radius 1 is 1.19 bits per heavy atom. The third-order valence-electron chi connectivity index (χ3n) is 2.57. The van der Waals surface area contributed by atoms with Crippen molar-refractivity contribution in [3.05, 3.63) is 24.3 Å². The largest absolute Gasteiger partial charge is 0.494 e. The van der Waals surface area contributed by atoms with Gasteiger partial charge in [-0.2, -0.15) is 0 Å². The Morgan fingerprint density at radius 3 is 2.33 bits per heavy atom. The second-order valence-corrected chi connectivity index (χ2v) is 6.73. The first-order chi connectivity index (χ1) is 9.82. The Bertz CT molecular complexity index is 592. The molecule has 0 radical (unpaired) electrons. The van der Waals surface area contributed by atoms with Crippen LogP contribution in [0.5, 0.6) is 5.75 Å². The predicted molar refractivity (Wildman–Crippen MR) is 80.2 cm³/mol. The second-order valence-electron chi connectivity index (χ2n) is 4.55. The zero-order valence-electron chi connectivity index (χ0n) is 12.1. The predicted octanol–water partition coefficient (Wildman–Crippen LogP) is 1.42. The Hall–Kier alpha value is -1.89. The maximum Gasteiger partial charge on any atom is 0.239 e. The molecule has 6 nitrogen and oxygen atoms in total. The van der Waals surface area contributed by atoms with Crippen LogP contribution in [0.3, 0.4) is 0 Å². The van der Waals surface area contributed by atoms with Crippen molar-refractivity contribution < 1.29 is 22.7 Å². The SMILES string of the molecule is CCOc1ccc(NC(=O)CS(=O)(=O)CCC(C)=O)cc1. The first kappa shape index (κ1) is 17.2. The lowest BCUT2D eigenvalue weighted by molar-refractivity contribution is -0.117. The molecule has 0 aliphatic carbocycles. The zero-order chi connectivity index (χ0) is 15.9. The van der Waals surface area contributed by atoms with Gasteiger partial charge in [-0.25, -0.2) is 8.42 Å². The molecular weight excluding hydrogens is 294 g/mol. The lowest BCUT2D eigenvalue weighted by Gasteiger charge is -2.07. The third kappa shape index (κ3) is 6.89. The fourth-order valence-electron chi connectivity index (χ4n) is 1.57. The fourth-order valence-corrected chi connectivity index (χ4v) is 2.78. The van der Waals surface area contributed by atoms with Gasteiger partial charge in [-0.05, 0) is 38.1 Å². The number of ketones is 1. The maximum absolute atomic E-state index is 11.7. The van der Waals surface area contributed by atoms with Crippen molar-refractivity contribution in [2.75, 3.05) is 23.4 Å². The molecule has 1 aromatic rings. The van der Waals surface area contributed by atoms with Crippen molar-refractivity contribution in [1.82, 2.24) is 0 Å². The molecule has 0 heterocycles. The highest BCUT2D eigenvalue weighted by Crippen LogP contribution is 2.15. The van der Waals surface area contributed by atoms with Crippen LogP contribution in [0.2, 0.25) is 0 Å². The van der Waals surface area contributed by atoms with Crippen molar-refractivity contribution in [1.29, 1.82) is 0 Å². The summed E-state index contributed by atoms with van der Waals surface area (Å²) in [5.41, 5.74) is 0.491. The number of ether oxygens (including phenoxy) is 1. The van der Waals surface area contributed by atoms with Crippen molar-refractivity contribution in [3.8, 4) is 5.75 Å². The Morgan fingerprint density at radius 2 is 1.81 bits per heavy atom. The normalized spacial score (nSPS) is 11.0. The number of carbonyl (C=O) groups excluding carboxylic acids is 2. The van der Waals surface area contributed by atoms with Crippen molar-refractivity contribution in [2.24, 2.45) is 0 Å². The minimum atomic E-state index is -3.57. The summed E-state index contributed by atoms with van der Waals surface area (Å²) in [7, 11) is -3.57. The van der Waals surface area contributed by atoms with E-state index in [1.54, 1.807) is 24.3 Å². The van der Waals surface area contributed by atoms with Gasteiger partial charge < -0.3 is 10.1 Å². The van der Waals surface area contributed by atoms with Gasteiger partial charge in [0.15, 0.2) is 9.84 Å². The van der Waals surface area contributed by atoms with E-state index >= 15 is 0 Å². The van der Waals surface area contributed by atoms with Gasteiger partial charge in [0, 0.05) is 12.1 Å². The number of rotatable bonds is 8. The monoisotopic (exact) mass is 313 g/mol. The molecule has 1 amide bonds. The first-order valence-corrected chi connectivity index (χ1v) is 8.37. The molecule has 0 aliphatic heterocycles. The molecule has 0 bridgehead atoms. The molecule has 21 heavy (non-hydrogen) atoms. The molecule has 0 unspecified atom stereocenters. The molecule has 0 spiro atoms. The van der Waals surface area contributed by atoms with Gasteiger partial charge in [-0.3, -0.25) is 9.59 Å². The molecule has 0 saturated heterocycles. The van der Waals surface area contributed by atoms with E-state index in [-0.39, 0.29) is 18.0 Å². The smallest absolute Gasteiger partial charge is 0.239 e. The van der Waals surface area contributed by atoms with Crippen molar-refractivity contribution >= 4 is 27.2 Å². The van der Waals surface area contributed by atoms with Crippen LogP contribution in [-0.2, 0) is 19.4 Å². The Balaban J connectivity index is 2.54. The number of amides is 1. The zero-order valence-corrected chi connectivity index (χ0v) is 12.9. The van der Waals surface area contributed by atoms with Crippen LogP contribution in [0.1, 0.15) is 20.3 Å². The van der Waals surface area contributed by atoms with Gasteiger partial charge in [0.05, 0.1) is 12.4 Å². The quantitative estimate of drug-likeness (QED) is 0.784. The molecule has 0 aliphatic rings. The molecule has 0 fully saturated rings. The molecule has 0 saturated carbocycles. The van der Waals surface area contributed by atoms with Crippen molar-refractivity contribution in [3.63, 3.8) is 0 Å². The van der Waals surface area contributed by atoms with E-state index in [9.17, 15) is 18.0 Å². The molecule has 116 valence electrons. The molecule has 1 rings (SSSR count). The summed E-state index contributed by atoms with van der Waals surface area (Å²) in [5.74, 6) is -1.11. The highest BCUT2D eigenvalue weighted by atomic mass is 32.2. The summed E-state index contributed by atoms with van der Waals surface area (Å²) < 4.78 is 28.5. The summed E-state index contributed by atoms with van der Waals surface area (Å²) in [4.78, 5) is 22.5. The van der Waals surface area contributed by atoms with Crippen LogP contribution in [-0.4, -0.2) is 38.2 Å². The standard InChI is InChI=1S/C14H19NO5S/c1-3-20-13-6-4-12(5-7-13)15-14(17)10-21(18,19)9-8-11(2)16/h4-7H,3,8-10H2,1-2H3,(H,15,17). The number of nitrogens with one attached hydrogen (secondary N) is 1. The van der Waals surface area contributed by atoms with Gasteiger partial charge in [0.25, 0.3) is 0 Å². The number of sulfone groups is 1. The van der Waals surface area contributed by atoms with Crippen LogP contribution >= 0.6 is 0 Å². The van der Waals surface area contributed by atoms with E-state index in [2.05, 4.69) is 5.32 Å². The highest BCUT2D eigenvalue weighted by molar-refractivity contribution is 7.92. The minimum Gasteiger partial charge on any atom is -0.494 e. The average molecular weight is 313 g/mol. The number of carbonyl (C=O) groups is 2. The molecule has 0 atom stereocenters. The van der Waals surface area contributed by atoms with E-state index < -0.39 is 21.5 Å². The van der Waals surface area contributed by atoms with E-state index in [0.29, 0.717) is 18.0 Å². The van der Waals surface area contributed by atoms with Crippen molar-refractivity contribution in [2.45, 2.75) is 20.3 Å². The van der Waals surface area contributed by atoms with Crippen LogP contribution in [0.15, 0.2) is 24.3 Å². The van der Waals surface area contributed by atoms with E-state index in [4.69, 9.17) is 4.74 Å². The molecular formula is C14H19NO5S. The molecule has 1 aromatic carbocycles.